The van der Waals surface area contributed by atoms with Gasteiger partial charge in [-0.25, -0.2) is 0 Å². The van der Waals surface area contributed by atoms with Crippen LogP contribution >= 0.6 is 28.3 Å². The maximum Gasteiger partial charge on any atom is 0.0455 e. The van der Waals surface area contributed by atoms with Crippen LogP contribution in [0.15, 0.2) is 29.6 Å². The molecule has 86 valence electrons. The number of fused-ring (bicyclic) bond motifs is 1. The van der Waals surface area contributed by atoms with Crippen LogP contribution in [0.1, 0.15) is 0 Å². The van der Waals surface area contributed by atoms with Crippen molar-refractivity contribution in [1.82, 2.24) is 5.32 Å². The molecule has 16 heavy (non-hydrogen) atoms. The van der Waals surface area contributed by atoms with Gasteiger partial charge in [-0.3, -0.25) is 0 Å². The number of thiophene rings is 1. The third kappa shape index (κ3) is 2.10. The maximum absolute atomic E-state index is 3.39. The van der Waals surface area contributed by atoms with Gasteiger partial charge in [0.2, 0.25) is 0 Å². The summed E-state index contributed by atoms with van der Waals surface area (Å²) in [6.45, 7) is 4.44. The summed E-state index contributed by atoms with van der Waals surface area (Å²) in [6.07, 6.45) is 0. The third-order valence-corrected chi connectivity index (χ3v) is 3.81. The van der Waals surface area contributed by atoms with E-state index in [1.807, 2.05) is 11.3 Å². The number of nitrogens with one attached hydrogen (secondary N) is 1. The van der Waals surface area contributed by atoms with Crippen molar-refractivity contribution in [3.8, 4) is 0 Å². The van der Waals surface area contributed by atoms with Crippen LogP contribution in [0.2, 0.25) is 0 Å². The molecule has 0 aliphatic carbocycles. The Labute approximate surface area is 110 Å². The zero-order valence-corrected chi connectivity index (χ0v) is 11.5. The molecule has 0 saturated carbocycles. The Bertz CT molecular complexity index is 463. The first kappa shape index (κ1) is 11.9. The summed E-state index contributed by atoms with van der Waals surface area (Å²) >= 11 is 1.82. The number of hydrogen-bond donors (Lipinski definition) is 1. The van der Waals surface area contributed by atoms with Gasteiger partial charge in [0.1, 0.15) is 0 Å². The monoisotopic (exact) mass is 298 g/mol. The highest BCUT2D eigenvalue weighted by Crippen LogP contribution is 2.30. The largest absolute Gasteiger partial charge is 0.368 e. The first-order chi connectivity index (χ1) is 7.45. The first-order valence-corrected chi connectivity index (χ1v) is 6.25. The van der Waals surface area contributed by atoms with Gasteiger partial charge in [-0.1, -0.05) is 6.07 Å². The lowest BCUT2D eigenvalue weighted by molar-refractivity contribution is 0.590. The number of rotatable bonds is 1. The summed E-state index contributed by atoms with van der Waals surface area (Å²) in [5.74, 6) is 0. The van der Waals surface area contributed by atoms with Crippen LogP contribution in [0, 0.1) is 0 Å². The van der Waals surface area contributed by atoms with Crippen LogP contribution in [-0.4, -0.2) is 26.2 Å². The van der Waals surface area contributed by atoms with Gasteiger partial charge in [-0.05, 0) is 23.6 Å². The van der Waals surface area contributed by atoms with Crippen LogP contribution in [-0.2, 0) is 0 Å². The van der Waals surface area contributed by atoms with Crippen molar-refractivity contribution < 1.29 is 0 Å². The van der Waals surface area contributed by atoms with E-state index in [0.717, 1.165) is 26.2 Å². The predicted octanol–water partition coefficient (Wildman–Crippen LogP) is 2.89. The van der Waals surface area contributed by atoms with E-state index < -0.39 is 0 Å². The molecular formula is C12H15BrN2S. The Morgan fingerprint density at radius 3 is 2.75 bits per heavy atom. The zero-order chi connectivity index (χ0) is 10.1. The average Bonchev–Trinajstić information content (AvgIpc) is 2.78. The minimum absolute atomic E-state index is 0. The Balaban J connectivity index is 0.000000963. The van der Waals surface area contributed by atoms with Crippen LogP contribution in [0.5, 0.6) is 0 Å². The van der Waals surface area contributed by atoms with Gasteiger partial charge in [0.25, 0.3) is 0 Å². The minimum atomic E-state index is 0. The molecule has 1 aliphatic heterocycles. The zero-order valence-electron chi connectivity index (χ0n) is 8.98. The molecule has 3 rings (SSSR count). The van der Waals surface area contributed by atoms with E-state index in [-0.39, 0.29) is 17.0 Å². The van der Waals surface area contributed by atoms with Crippen molar-refractivity contribution in [2.45, 2.75) is 0 Å². The summed E-state index contributed by atoms with van der Waals surface area (Å²) in [4.78, 5) is 2.48. The summed E-state index contributed by atoms with van der Waals surface area (Å²) < 4.78 is 1.39. The van der Waals surface area contributed by atoms with E-state index >= 15 is 0 Å². The SMILES string of the molecule is Br.c1cc(N2CCNCC2)c2ccsc2c1. The molecule has 0 radical (unpaired) electrons. The molecule has 4 heteroatoms. The predicted molar refractivity (Wildman–Crippen MR) is 77.2 cm³/mol. The van der Waals surface area contributed by atoms with E-state index in [9.17, 15) is 0 Å². The molecule has 1 fully saturated rings. The molecule has 1 saturated heterocycles. The topological polar surface area (TPSA) is 15.3 Å². The quantitative estimate of drug-likeness (QED) is 0.871. The van der Waals surface area contributed by atoms with Crippen molar-refractivity contribution in [2.24, 2.45) is 0 Å². The second kappa shape index (κ2) is 5.17. The van der Waals surface area contributed by atoms with Crippen molar-refractivity contribution in [3.63, 3.8) is 0 Å². The van der Waals surface area contributed by atoms with E-state index in [1.54, 1.807) is 0 Å². The molecule has 0 amide bonds. The average molecular weight is 299 g/mol. The third-order valence-electron chi connectivity index (χ3n) is 2.93. The van der Waals surface area contributed by atoms with Gasteiger partial charge < -0.3 is 10.2 Å². The summed E-state index contributed by atoms with van der Waals surface area (Å²) in [7, 11) is 0. The number of nitrogens with zero attached hydrogens (tertiary/aromatic N) is 1. The summed E-state index contributed by atoms with van der Waals surface area (Å²) in [5.41, 5.74) is 1.40. The lowest BCUT2D eigenvalue weighted by atomic mass is 10.2. The van der Waals surface area contributed by atoms with Crippen LogP contribution in [0.4, 0.5) is 5.69 Å². The van der Waals surface area contributed by atoms with Gasteiger partial charge in [-0.2, -0.15) is 0 Å². The van der Waals surface area contributed by atoms with E-state index in [1.165, 1.54) is 15.8 Å². The van der Waals surface area contributed by atoms with Gasteiger partial charge in [0.15, 0.2) is 0 Å². The molecule has 1 aliphatic rings. The fourth-order valence-corrected chi connectivity index (χ4v) is 2.97. The molecule has 1 N–H and O–H groups in total. The van der Waals surface area contributed by atoms with Gasteiger partial charge in [0, 0.05) is 42.0 Å². The molecular weight excluding hydrogens is 284 g/mol. The van der Waals surface area contributed by atoms with Crippen molar-refractivity contribution >= 4 is 44.1 Å². The lowest BCUT2D eigenvalue weighted by Crippen LogP contribution is -2.43. The number of anilines is 1. The fourth-order valence-electron chi connectivity index (χ4n) is 2.16. The van der Waals surface area contributed by atoms with Crippen LogP contribution in [0.3, 0.4) is 0 Å². The fraction of sp³-hybridized carbons (Fsp3) is 0.333. The van der Waals surface area contributed by atoms with Crippen molar-refractivity contribution in [1.29, 1.82) is 0 Å². The smallest absolute Gasteiger partial charge is 0.0455 e. The van der Waals surface area contributed by atoms with E-state index in [2.05, 4.69) is 39.9 Å². The summed E-state index contributed by atoms with van der Waals surface area (Å²) in [5, 5.41) is 6.97. The van der Waals surface area contributed by atoms with Crippen LogP contribution in [0.25, 0.3) is 10.1 Å². The Morgan fingerprint density at radius 2 is 1.94 bits per heavy atom. The molecule has 0 atom stereocenters. The highest BCUT2D eigenvalue weighted by molar-refractivity contribution is 8.93. The van der Waals surface area contributed by atoms with E-state index in [4.69, 9.17) is 0 Å². The number of halogens is 1. The van der Waals surface area contributed by atoms with Crippen molar-refractivity contribution in [2.75, 3.05) is 31.1 Å². The normalized spacial score (nSPS) is 16.1. The molecule has 1 aromatic carbocycles. The number of hydrogen-bond acceptors (Lipinski definition) is 3. The molecule has 0 spiro atoms. The number of piperazine rings is 1. The molecule has 2 aromatic rings. The summed E-state index contributed by atoms with van der Waals surface area (Å²) in [6, 6.07) is 8.83. The minimum Gasteiger partial charge on any atom is -0.368 e. The number of benzene rings is 1. The highest BCUT2D eigenvalue weighted by Gasteiger charge is 2.12. The van der Waals surface area contributed by atoms with Gasteiger partial charge in [0.05, 0.1) is 0 Å². The standard InChI is InChI=1S/C12H14N2S.BrH/c1-2-11(14-7-5-13-6-8-14)10-4-9-15-12(10)3-1;/h1-4,9,13H,5-8H2;1H. The molecule has 0 bridgehead atoms. The van der Waals surface area contributed by atoms with Crippen LogP contribution < -0.4 is 10.2 Å². The molecule has 2 nitrogen and oxygen atoms in total. The first-order valence-electron chi connectivity index (χ1n) is 5.37. The second-order valence-corrected chi connectivity index (χ2v) is 4.79. The lowest BCUT2D eigenvalue weighted by Gasteiger charge is -2.30. The molecule has 0 unspecified atom stereocenters. The highest BCUT2D eigenvalue weighted by atomic mass is 79.9. The van der Waals surface area contributed by atoms with Crippen molar-refractivity contribution in [3.05, 3.63) is 29.6 Å². The Hall–Kier alpha value is -0.580. The molecule has 1 aromatic heterocycles. The van der Waals surface area contributed by atoms with Gasteiger partial charge >= 0.3 is 0 Å². The molecule has 2 heterocycles. The Morgan fingerprint density at radius 1 is 1.12 bits per heavy atom. The van der Waals surface area contributed by atoms with Gasteiger partial charge in [-0.15, -0.1) is 28.3 Å². The maximum atomic E-state index is 3.39. The van der Waals surface area contributed by atoms with E-state index in [0.29, 0.717) is 0 Å². The Kier molecular flexibility index (Phi) is 3.84. The second-order valence-electron chi connectivity index (χ2n) is 3.85.